The molecule has 0 aliphatic heterocycles. The van der Waals surface area contributed by atoms with Crippen molar-refractivity contribution in [2.75, 3.05) is 0 Å². The van der Waals surface area contributed by atoms with E-state index in [9.17, 15) is 4.79 Å². The van der Waals surface area contributed by atoms with Gasteiger partial charge in [-0.15, -0.1) is 0 Å². The molecule has 3 heteroatoms. The van der Waals surface area contributed by atoms with Gasteiger partial charge in [0.25, 0.3) is 0 Å². The monoisotopic (exact) mass is 233 g/mol. The molecule has 0 spiro atoms. The third-order valence-electron chi connectivity index (χ3n) is 3.32. The fourth-order valence-corrected chi connectivity index (χ4v) is 2.23. The number of carbonyl (C=O) groups is 1. The Morgan fingerprint density at radius 3 is 3.06 bits per heavy atom. The number of carbonyl (C=O) groups excluding carboxylic acids is 1. The van der Waals surface area contributed by atoms with Crippen LogP contribution in [0.4, 0.5) is 0 Å². The van der Waals surface area contributed by atoms with Gasteiger partial charge in [0.05, 0.1) is 0 Å². The SMILES string of the molecule is CCC(N)C(=O)OC1CCCc2ccccc21. The zero-order valence-corrected chi connectivity index (χ0v) is 10.2. The van der Waals surface area contributed by atoms with E-state index in [0.29, 0.717) is 6.42 Å². The summed E-state index contributed by atoms with van der Waals surface area (Å²) >= 11 is 0. The minimum atomic E-state index is -0.496. The molecular weight excluding hydrogens is 214 g/mol. The molecule has 0 aromatic heterocycles. The topological polar surface area (TPSA) is 52.3 Å². The predicted molar refractivity (Wildman–Crippen MR) is 66.5 cm³/mol. The van der Waals surface area contributed by atoms with E-state index >= 15 is 0 Å². The van der Waals surface area contributed by atoms with Crippen molar-refractivity contribution in [2.45, 2.75) is 44.8 Å². The molecule has 0 saturated heterocycles. The lowest BCUT2D eigenvalue weighted by Crippen LogP contribution is -2.33. The van der Waals surface area contributed by atoms with E-state index in [1.165, 1.54) is 5.56 Å². The van der Waals surface area contributed by atoms with Gasteiger partial charge < -0.3 is 10.5 Å². The summed E-state index contributed by atoms with van der Waals surface area (Å²) in [6.07, 6.45) is 3.55. The van der Waals surface area contributed by atoms with Crippen LogP contribution < -0.4 is 5.73 Å². The molecule has 0 saturated carbocycles. The van der Waals surface area contributed by atoms with Crippen LogP contribution in [0.25, 0.3) is 0 Å². The Bertz CT molecular complexity index is 403. The fraction of sp³-hybridized carbons (Fsp3) is 0.500. The lowest BCUT2D eigenvalue weighted by atomic mass is 9.89. The van der Waals surface area contributed by atoms with Crippen molar-refractivity contribution in [2.24, 2.45) is 5.73 Å². The molecule has 0 fully saturated rings. The molecule has 17 heavy (non-hydrogen) atoms. The van der Waals surface area contributed by atoms with E-state index in [-0.39, 0.29) is 12.1 Å². The zero-order valence-electron chi connectivity index (χ0n) is 10.2. The first-order valence-electron chi connectivity index (χ1n) is 6.26. The molecule has 1 aromatic carbocycles. The van der Waals surface area contributed by atoms with Gasteiger partial charge in [0, 0.05) is 0 Å². The van der Waals surface area contributed by atoms with Gasteiger partial charge in [-0.2, -0.15) is 0 Å². The third-order valence-corrected chi connectivity index (χ3v) is 3.32. The van der Waals surface area contributed by atoms with Crippen LogP contribution in [0.5, 0.6) is 0 Å². The Labute approximate surface area is 102 Å². The number of ether oxygens (including phenoxy) is 1. The lowest BCUT2D eigenvalue weighted by molar-refractivity contribution is -0.151. The molecule has 0 bridgehead atoms. The second kappa shape index (κ2) is 5.32. The van der Waals surface area contributed by atoms with Gasteiger partial charge in [-0.05, 0) is 36.8 Å². The number of fused-ring (bicyclic) bond motifs is 1. The van der Waals surface area contributed by atoms with Gasteiger partial charge in [0.2, 0.25) is 0 Å². The first kappa shape index (κ1) is 12.1. The van der Waals surface area contributed by atoms with E-state index in [0.717, 1.165) is 24.8 Å². The fourth-order valence-electron chi connectivity index (χ4n) is 2.23. The number of esters is 1. The largest absolute Gasteiger partial charge is 0.456 e. The van der Waals surface area contributed by atoms with Crippen molar-refractivity contribution in [1.82, 2.24) is 0 Å². The highest BCUT2D eigenvalue weighted by molar-refractivity contribution is 5.75. The summed E-state index contributed by atoms with van der Waals surface area (Å²) in [4.78, 5) is 11.7. The van der Waals surface area contributed by atoms with Crippen molar-refractivity contribution in [1.29, 1.82) is 0 Å². The molecule has 0 amide bonds. The molecule has 92 valence electrons. The molecule has 2 rings (SSSR count). The number of rotatable bonds is 3. The maximum absolute atomic E-state index is 11.7. The summed E-state index contributed by atoms with van der Waals surface area (Å²) in [6, 6.07) is 7.67. The second-order valence-electron chi connectivity index (χ2n) is 4.53. The summed E-state index contributed by atoms with van der Waals surface area (Å²) in [5, 5.41) is 0. The molecule has 1 aliphatic carbocycles. The highest BCUT2D eigenvalue weighted by Crippen LogP contribution is 2.32. The smallest absolute Gasteiger partial charge is 0.323 e. The summed E-state index contributed by atoms with van der Waals surface area (Å²) in [5.41, 5.74) is 8.12. The minimum Gasteiger partial charge on any atom is -0.456 e. The van der Waals surface area contributed by atoms with Crippen molar-refractivity contribution in [3.8, 4) is 0 Å². The summed E-state index contributed by atoms with van der Waals surface area (Å²) in [7, 11) is 0. The van der Waals surface area contributed by atoms with E-state index in [4.69, 9.17) is 10.5 Å². The van der Waals surface area contributed by atoms with Crippen LogP contribution in [0, 0.1) is 0 Å². The first-order valence-corrected chi connectivity index (χ1v) is 6.26. The van der Waals surface area contributed by atoms with Gasteiger partial charge in [0.1, 0.15) is 12.1 Å². The van der Waals surface area contributed by atoms with Crippen LogP contribution in [0.15, 0.2) is 24.3 Å². The van der Waals surface area contributed by atoms with Crippen molar-refractivity contribution in [3.05, 3.63) is 35.4 Å². The Kier molecular flexibility index (Phi) is 3.79. The molecule has 0 heterocycles. The average Bonchev–Trinajstić information content (AvgIpc) is 2.38. The van der Waals surface area contributed by atoms with Gasteiger partial charge >= 0.3 is 5.97 Å². The molecular formula is C14H19NO2. The Hall–Kier alpha value is -1.35. The highest BCUT2D eigenvalue weighted by atomic mass is 16.5. The van der Waals surface area contributed by atoms with Crippen molar-refractivity contribution in [3.63, 3.8) is 0 Å². The highest BCUT2D eigenvalue weighted by Gasteiger charge is 2.24. The second-order valence-corrected chi connectivity index (χ2v) is 4.53. The maximum atomic E-state index is 11.7. The summed E-state index contributed by atoms with van der Waals surface area (Å²) < 4.78 is 5.51. The third kappa shape index (κ3) is 2.67. The number of hydrogen-bond acceptors (Lipinski definition) is 3. The van der Waals surface area contributed by atoms with Crippen molar-refractivity contribution < 1.29 is 9.53 Å². The number of hydrogen-bond donors (Lipinski definition) is 1. The van der Waals surface area contributed by atoms with Crippen LogP contribution in [0.1, 0.15) is 43.4 Å². The molecule has 2 unspecified atom stereocenters. The van der Waals surface area contributed by atoms with E-state index < -0.39 is 6.04 Å². The first-order chi connectivity index (χ1) is 8.22. The van der Waals surface area contributed by atoms with Crippen LogP contribution in [0.2, 0.25) is 0 Å². The molecule has 1 aliphatic rings. The van der Waals surface area contributed by atoms with E-state index in [2.05, 4.69) is 6.07 Å². The molecule has 3 nitrogen and oxygen atoms in total. The number of benzene rings is 1. The van der Waals surface area contributed by atoms with Crippen LogP contribution in [-0.4, -0.2) is 12.0 Å². The van der Waals surface area contributed by atoms with Crippen molar-refractivity contribution >= 4 is 5.97 Å². The van der Waals surface area contributed by atoms with Gasteiger partial charge in [-0.25, -0.2) is 0 Å². The van der Waals surface area contributed by atoms with Crippen LogP contribution in [0.3, 0.4) is 0 Å². The predicted octanol–water partition coefficient (Wildman–Crippen LogP) is 2.34. The molecule has 2 N–H and O–H groups in total. The molecule has 2 atom stereocenters. The van der Waals surface area contributed by atoms with E-state index in [1.807, 2.05) is 25.1 Å². The maximum Gasteiger partial charge on any atom is 0.323 e. The Morgan fingerprint density at radius 2 is 2.29 bits per heavy atom. The zero-order chi connectivity index (χ0) is 12.3. The quantitative estimate of drug-likeness (QED) is 0.815. The molecule has 1 aromatic rings. The summed E-state index contributed by atoms with van der Waals surface area (Å²) in [6.45, 7) is 1.89. The number of aryl methyl sites for hydroxylation is 1. The van der Waals surface area contributed by atoms with E-state index in [1.54, 1.807) is 0 Å². The minimum absolute atomic E-state index is 0.106. The van der Waals surface area contributed by atoms with Crippen LogP contribution in [-0.2, 0) is 16.0 Å². The Morgan fingerprint density at radius 1 is 1.53 bits per heavy atom. The van der Waals surface area contributed by atoms with Gasteiger partial charge in [-0.1, -0.05) is 31.2 Å². The average molecular weight is 233 g/mol. The Balaban J connectivity index is 2.11. The van der Waals surface area contributed by atoms with Gasteiger partial charge in [0.15, 0.2) is 0 Å². The van der Waals surface area contributed by atoms with Gasteiger partial charge in [-0.3, -0.25) is 4.79 Å². The number of nitrogens with two attached hydrogens (primary N) is 1. The standard InChI is InChI=1S/C14H19NO2/c1-2-12(15)14(16)17-13-9-5-7-10-6-3-4-8-11(10)13/h3-4,6,8,12-13H,2,5,7,9,15H2,1H3. The van der Waals surface area contributed by atoms with Crippen LogP contribution >= 0.6 is 0 Å². The summed E-state index contributed by atoms with van der Waals surface area (Å²) in [5.74, 6) is -0.283. The normalized spacial score (nSPS) is 20.5. The molecule has 0 radical (unpaired) electrons. The lowest BCUT2D eigenvalue weighted by Gasteiger charge is -2.26.